The van der Waals surface area contributed by atoms with Gasteiger partial charge in [-0.1, -0.05) is 216 Å². The number of ether oxygens (including phenoxy) is 3. The molecule has 0 amide bonds. The molecular formula is C60H107NO7. The van der Waals surface area contributed by atoms with Gasteiger partial charge in [-0.2, -0.15) is 0 Å². The molecule has 2 unspecified atom stereocenters. The van der Waals surface area contributed by atoms with Gasteiger partial charge in [0.2, 0.25) is 0 Å². The molecular weight excluding hydrogens is 847 g/mol. The van der Waals surface area contributed by atoms with Crippen LogP contribution < -0.4 is 5.11 Å². The molecule has 0 aromatic rings. The molecule has 0 rings (SSSR count). The summed E-state index contributed by atoms with van der Waals surface area (Å²) in [5.41, 5.74) is 0. The normalized spacial score (nSPS) is 13.2. The van der Waals surface area contributed by atoms with Gasteiger partial charge in [-0.3, -0.25) is 9.59 Å². The Morgan fingerprint density at radius 2 is 0.824 bits per heavy atom. The van der Waals surface area contributed by atoms with E-state index in [-0.39, 0.29) is 42.7 Å². The Morgan fingerprint density at radius 3 is 1.24 bits per heavy atom. The largest absolute Gasteiger partial charge is 0.544 e. The number of aliphatic carboxylic acids is 1. The van der Waals surface area contributed by atoms with Gasteiger partial charge in [0.25, 0.3) is 0 Å². The van der Waals surface area contributed by atoms with Crippen molar-refractivity contribution in [2.75, 3.05) is 41.0 Å². The number of carboxylic acids is 1. The standard InChI is InChI=1S/C60H107NO7/c1-6-8-10-12-14-16-18-20-22-24-26-28-30-32-34-36-38-40-42-44-46-48-50-58(62)67-55-56(54-66-53-52-57(60(64)65)61(3,4)5)68-59(63)51-49-47-45-43-41-39-37-35-33-31-29-27-25-23-21-19-17-15-13-11-9-7-2/h9,11,15,17,21,23,27,29-30,32,56-57H,6-8,10,12-14,16,18-20,22,24-26,28,31,33-55H2,1-5H3/b11-9+,17-15+,23-21+,29-27+,32-30+. The van der Waals surface area contributed by atoms with Crippen LogP contribution in [0, 0.1) is 0 Å². The van der Waals surface area contributed by atoms with Crippen LogP contribution in [0.3, 0.4) is 0 Å². The number of hydrogen-bond donors (Lipinski definition) is 0. The molecule has 0 aliphatic carbocycles. The van der Waals surface area contributed by atoms with E-state index in [1.54, 1.807) is 21.1 Å². The number of rotatable bonds is 51. The monoisotopic (exact) mass is 954 g/mol. The smallest absolute Gasteiger partial charge is 0.306 e. The fourth-order valence-electron chi connectivity index (χ4n) is 8.29. The predicted octanol–water partition coefficient (Wildman–Crippen LogP) is 15.5. The second-order valence-corrected chi connectivity index (χ2v) is 20.1. The average Bonchev–Trinajstić information content (AvgIpc) is 3.30. The molecule has 8 heteroatoms. The minimum atomic E-state index is -1.13. The number of carboxylic acid groups (broad SMARTS) is 1. The third-order valence-electron chi connectivity index (χ3n) is 12.6. The van der Waals surface area contributed by atoms with E-state index in [4.69, 9.17) is 14.2 Å². The molecule has 394 valence electrons. The summed E-state index contributed by atoms with van der Waals surface area (Å²) in [5, 5.41) is 11.7. The number of unbranched alkanes of at least 4 members (excludes halogenated alkanes) is 27. The Kier molecular flexibility index (Phi) is 48.2. The van der Waals surface area contributed by atoms with Crippen molar-refractivity contribution < 1.29 is 38.2 Å². The molecule has 0 saturated heterocycles. The summed E-state index contributed by atoms with van der Waals surface area (Å²) >= 11 is 0. The maximum atomic E-state index is 12.8. The Morgan fingerprint density at radius 1 is 0.456 bits per heavy atom. The van der Waals surface area contributed by atoms with Crippen LogP contribution in [0.2, 0.25) is 0 Å². The van der Waals surface area contributed by atoms with Gasteiger partial charge in [-0.25, -0.2) is 0 Å². The zero-order valence-corrected chi connectivity index (χ0v) is 45.0. The zero-order valence-electron chi connectivity index (χ0n) is 45.0. The van der Waals surface area contributed by atoms with Crippen molar-refractivity contribution in [1.29, 1.82) is 0 Å². The molecule has 8 nitrogen and oxygen atoms in total. The third-order valence-corrected chi connectivity index (χ3v) is 12.6. The van der Waals surface area contributed by atoms with Gasteiger partial charge in [0.15, 0.2) is 6.10 Å². The lowest BCUT2D eigenvalue weighted by Gasteiger charge is -2.34. The quantitative estimate of drug-likeness (QED) is 0.0259. The van der Waals surface area contributed by atoms with Crippen molar-refractivity contribution in [1.82, 2.24) is 0 Å². The molecule has 0 bridgehead atoms. The number of carbonyl (C=O) groups is 3. The van der Waals surface area contributed by atoms with Crippen LogP contribution in [0.15, 0.2) is 60.8 Å². The highest BCUT2D eigenvalue weighted by Gasteiger charge is 2.25. The molecule has 2 atom stereocenters. The van der Waals surface area contributed by atoms with Crippen LogP contribution in [-0.4, -0.2) is 75.5 Å². The number of quaternary nitrogens is 1. The summed E-state index contributed by atoms with van der Waals surface area (Å²) in [6, 6.07) is -0.730. The molecule has 0 aliphatic heterocycles. The summed E-state index contributed by atoms with van der Waals surface area (Å²) in [5.74, 6) is -1.74. The first-order chi connectivity index (χ1) is 33.1. The first-order valence-corrected chi connectivity index (χ1v) is 28.3. The van der Waals surface area contributed by atoms with Crippen molar-refractivity contribution in [2.24, 2.45) is 0 Å². The van der Waals surface area contributed by atoms with Crippen LogP contribution in [0.1, 0.15) is 251 Å². The fourth-order valence-corrected chi connectivity index (χ4v) is 8.29. The van der Waals surface area contributed by atoms with E-state index < -0.39 is 18.1 Å². The number of esters is 2. The SMILES string of the molecule is CC/C=C/C/C=C/C/C=C/C/C=C/CCCCCCCCCCCC(=O)OC(COCCC(C(=O)[O-])[N+](C)(C)C)COC(=O)CCCCCCCCC/C=C/CCCCCCCCCCCCC. The molecule has 0 N–H and O–H groups in total. The van der Waals surface area contributed by atoms with Gasteiger partial charge in [0.05, 0.1) is 40.3 Å². The highest BCUT2D eigenvalue weighted by atomic mass is 16.6. The third kappa shape index (κ3) is 48.1. The second-order valence-electron chi connectivity index (χ2n) is 20.1. The van der Waals surface area contributed by atoms with E-state index in [0.717, 1.165) is 70.6 Å². The Hall–Kier alpha value is -2.97. The van der Waals surface area contributed by atoms with Gasteiger partial charge < -0.3 is 28.6 Å². The number of allylic oxidation sites excluding steroid dienone is 10. The molecule has 0 aliphatic rings. The molecule has 0 saturated carbocycles. The summed E-state index contributed by atoms with van der Waals surface area (Å²) in [7, 11) is 5.42. The molecule has 0 heterocycles. The highest BCUT2D eigenvalue weighted by molar-refractivity contribution is 5.70. The van der Waals surface area contributed by atoms with Crippen LogP contribution >= 0.6 is 0 Å². The molecule has 0 fully saturated rings. The highest BCUT2D eigenvalue weighted by Crippen LogP contribution is 2.16. The lowest BCUT2D eigenvalue weighted by molar-refractivity contribution is -0.889. The van der Waals surface area contributed by atoms with E-state index in [2.05, 4.69) is 74.6 Å². The van der Waals surface area contributed by atoms with Crippen molar-refractivity contribution in [3.63, 3.8) is 0 Å². The summed E-state index contributed by atoms with van der Waals surface area (Å²) in [6.45, 7) is 4.57. The van der Waals surface area contributed by atoms with Gasteiger partial charge in [0, 0.05) is 19.3 Å². The molecule has 0 aromatic carbocycles. The average molecular weight is 955 g/mol. The maximum Gasteiger partial charge on any atom is 0.306 e. The molecule has 0 aromatic heterocycles. The number of hydrogen-bond acceptors (Lipinski definition) is 7. The number of nitrogens with zero attached hydrogens (tertiary/aromatic N) is 1. The predicted molar refractivity (Wildman–Crippen MR) is 286 cm³/mol. The van der Waals surface area contributed by atoms with Crippen LogP contribution in [0.4, 0.5) is 0 Å². The minimum Gasteiger partial charge on any atom is -0.544 e. The second kappa shape index (κ2) is 50.4. The first kappa shape index (κ1) is 65.0. The topological polar surface area (TPSA) is 102 Å². The first-order valence-electron chi connectivity index (χ1n) is 28.3. The molecule has 68 heavy (non-hydrogen) atoms. The van der Waals surface area contributed by atoms with Crippen LogP contribution in [0.5, 0.6) is 0 Å². The molecule has 0 radical (unpaired) electrons. The lowest BCUT2D eigenvalue weighted by atomic mass is 10.0. The van der Waals surface area contributed by atoms with Crippen LogP contribution in [0.25, 0.3) is 0 Å². The van der Waals surface area contributed by atoms with Crippen molar-refractivity contribution in [3.8, 4) is 0 Å². The van der Waals surface area contributed by atoms with Crippen molar-refractivity contribution in [3.05, 3.63) is 60.8 Å². The van der Waals surface area contributed by atoms with E-state index >= 15 is 0 Å². The van der Waals surface area contributed by atoms with E-state index in [9.17, 15) is 19.5 Å². The van der Waals surface area contributed by atoms with Crippen molar-refractivity contribution in [2.45, 2.75) is 264 Å². The Bertz CT molecular complexity index is 1290. The summed E-state index contributed by atoms with van der Waals surface area (Å²) in [4.78, 5) is 37.2. The molecule has 0 spiro atoms. The van der Waals surface area contributed by atoms with Crippen LogP contribution in [-0.2, 0) is 28.6 Å². The Balaban J connectivity index is 4.20. The number of likely N-dealkylation sites (N-methyl/N-ethyl adjacent to an activating group) is 1. The Labute approximate surface area is 419 Å². The van der Waals surface area contributed by atoms with E-state index in [1.165, 1.54) is 148 Å². The minimum absolute atomic E-state index is 0.0363. The zero-order chi connectivity index (χ0) is 49.9. The number of carbonyl (C=O) groups excluding carboxylic acids is 3. The van der Waals surface area contributed by atoms with E-state index in [1.807, 2.05) is 0 Å². The summed E-state index contributed by atoms with van der Waals surface area (Å²) in [6.07, 6.45) is 64.0. The summed E-state index contributed by atoms with van der Waals surface area (Å²) < 4.78 is 17.3. The van der Waals surface area contributed by atoms with Gasteiger partial charge in [-0.05, 0) is 77.0 Å². The fraction of sp³-hybridized carbons (Fsp3) is 0.783. The van der Waals surface area contributed by atoms with Gasteiger partial charge >= 0.3 is 11.9 Å². The van der Waals surface area contributed by atoms with Crippen molar-refractivity contribution >= 4 is 17.9 Å². The maximum absolute atomic E-state index is 12.8. The van der Waals surface area contributed by atoms with E-state index in [0.29, 0.717) is 12.8 Å². The van der Waals surface area contributed by atoms with Gasteiger partial charge in [0.1, 0.15) is 12.6 Å². The van der Waals surface area contributed by atoms with Gasteiger partial charge in [-0.15, -0.1) is 0 Å². The lowest BCUT2D eigenvalue weighted by Crippen LogP contribution is -2.55.